The van der Waals surface area contributed by atoms with Crippen molar-refractivity contribution in [3.05, 3.63) is 69.7 Å². The SMILES string of the molecule is Cc1ccccc1NC(=O)c1nnc([C@@H]2CCCN(S(=O)(=O)c3ccc(F)cc3F)C2)s1. The Morgan fingerprint density at radius 1 is 1.19 bits per heavy atom. The molecule has 1 fully saturated rings. The first-order valence-corrected chi connectivity index (χ1v) is 12.2. The van der Waals surface area contributed by atoms with E-state index in [9.17, 15) is 22.0 Å². The molecule has 11 heteroatoms. The van der Waals surface area contributed by atoms with Gasteiger partial charge in [0.1, 0.15) is 21.5 Å². The highest BCUT2D eigenvalue weighted by atomic mass is 32.2. The highest BCUT2D eigenvalue weighted by Gasteiger charge is 2.34. The Morgan fingerprint density at radius 2 is 1.97 bits per heavy atom. The topological polar surface area (TPSA) is 92.3 Å². The average Bonchev–Trinajstić information content (AvgIpc) is 3.26. The molecule has 168 valence electrons. The molecule has 0 bridgehead atoms. The molecule has 7 nitrogen and oxygen atoms in total. The van der Waals surface area contributed by atoms with E-state index in [1.165, 1.54) is 4.31 Å². The van der Waals surface area contributed by atoms with Gasteiger partial charge in [0.25, 0.3) is 5.91 Å². The molecular formula is C21H20F2N4O3S2. The molecule has 1 aliphatic heterocycles. The van der Waals surface area contributed by atoms with Crippen molar-refractivity contribution in [2.45, 2.75) is 30.6 Å². The zero-order valence-corrected chi connectivity index (χ0v) is 18.7. The van der Waals surface area contributed by atoms with Crippen molar-refractivity contribution in [3.8, 4) is 0 Å². The number of amides is 1. The van der Waals surface area contributed by atoms with Gasteiger partial charge in [-0.05, 0) is 43.5 Å². The van der Waals surface area contributed by atoms with Gasteiger partial charge < -0.3 is 5.32 Å². The number of piperidine rings is 1. The van der Waals surface area contributed by atoms with Crippen molar-refractivity contribution in [1.82, 2.24) is 14.5 Å². The van der Waals surface area contributed by atoms with Crippen LogP contribution in [0.4, 0.5) is 14.5 Å². The minimum atomic E-state index is -4.14. The summed E-state index contributed by atoms with van der Waals surface area (Å²) in [7, 11) is -4.14. The van der Waals surface area contributed by atoms with Crippen LogP contribution in [0.1, 0.15) is 39.1 Å². The van der Waals surface area contributed by atoms with E-state index in [1.807, 2.05) is 25.1 Å². The molecule has 1 saturated heterocycles. The molecule has 32 heavy (non-hydrogen) atoms. The van der Waals surface area contributed by atoms with E-state index in [0.717, 1.165) is 29.0 Å². The first kappa shape index (κ1) is 22.4. The summed E-state index contributed by atoms with van der Waals surface area (Å²) in [6.07, 6.45) is 1.20. The summed E-state index contributed by atoms with van der Waals surface area (Å²) in [5.41, 5.74) is 1.58. The fourth-order valence-electron chi connectivity index (χ4n) is 3.57. The molecule has 1 atom stereocenters. The maximum absolute atomic E-state index is 14.1. The highest BCUT2D eigenvalue weighted by Crippen LogP contribution is 2.32. The predicted octanol–water partition coefficient (Wildman–Crippen LogP) is 3.95. The van der Waals surface area contributed by atoms with Gasteiger partial charge in [-0.2, -0.15) is 4.31 Å². The Morgan fingerprint density at radius 3 is 2.72 bits per heavy atom. The third-order valence-corrected chi connectivity index (χ3v) is 8.26. The first-order chi connectivity index (χ1) is 15.3. The molecule has 1 aromatic heterocycles. The van der Waals surface area contributed by atoms with Crippen molar-refractivity contribution in [3.63, 3.8) is 0 Å². The average molecular weight is 479 g/mol. The summed E-state index contributed by atoms with van der Waals surface area (Å²) in [5, 5.41) is 11.6. The summed E-state index contributed by atoms with van der Waals surface area (Å²) >= 11 is 1.11. The normalized spacial score (nSPS) is 17.3. The van der Waals surface area contributed by atoms with Crippen LogP contribution in [0.2, 0.25) is 0 Å². The number of aryl methyl sites for hydroxylation is 1. The van der Waals surface area contributed by atoms with E-state index >= 15 is 0 Å². The van der Waals surface area contributed by atoms with Crippen LogP contribution in [0.15, 0.2) is 47.4 Å². The second kappa shape index (κ2) is 9.00. The fraction of sp³-hybridized carbons (Fsp3) is 0.286. The molecule has 0 radical (unpaired) electrons. The molecule has 0 spiro atoms. The number of para-hydroxylation sites is 1. The van der Waals surface area contributed by atoms with Gasteiger partial charge in [0.2, 0.25) is 15.0 Å². The van der Waals surface area contributed by atoms with Crippen LogP contribution in [0, 0.1) is 18.6 Å². The molecule has 0 unspecified atom stereocenters. The number of hydrogen-bond acceptors (Lipinski definition) is 6. The van der Waals surface area contributed by atoms with Crippen LogP contribution in [-0.4, -0.2) is 41.9 Å². The lowest BCUT2D eigenvalue weighted by Crippen LogP contribution is -2.39. The standard InChI is InChI=1S/C21H20F2N4O3S2/c1-13-5-2-3-7-17(13)24-19(28)21-26-25-20(31-21)14-6-4-10-27(12-14)32(29,30)18-9-8-15(22)11-16(18)23/h2-3,5,7-9,11,14H,4,6,10,12H2,1H3,(H,24,28)/t14-/m1/s1. The number of anilines is 1. The van der Waals surface area contributed by atoms with Crippen LogP contribution in [0.25, 0.3) is 0 Å². The Labute approximate surface area is 188 Å². The quantitative estimate of drug-likeness (QED) is 0.600. The molecule has 3 aromatic rings. The van der Waals surface area contributed by atoms with E-state index in [4.69, 9.17) is 0 Å². The molecule has 1 aliphatic rings. The number of carbonyl (C=O) groups excluding carboxylic acids is 1. The summed E-state index contributed by atoms with van der Waals surface area (Å²) in [6.45, 7) is 2.17. The van der Waals surface area contributed by atoms with Crippen LogP contribution < -0.4 is 5.32 Å². The van der Waals surface area contributed by atoms with Crippen molar-refractivity contribution in [1.29, 1.82) is 0 Å². The van der Waals surface area contributed by atoms with E-state index in [2.05, 4.69) is 15.5 Å². The third kappa shape index (κ3) is 4.54. The summed E-state index contributed by atoms with van der Waals surface area (Å²) in [6, 6.07) is 9.75. The minimum absolute atomic E-state index is 0.0766. The van der Waals surface area contributed by atoms with Gasteiger partial charge in [-0.15, -0.1) is 10.2 Å². The predicted molar refractivity (Wildman–Crippen MR) is 116 cm³/mol. The molecule has 2 aromatic carbocycles. The molecule has 2 heterocycles. The van der Waals surface area contributed by atoms with Gasteiger partial charge in [-0.1, -0.05) is 29.5 Å². The van der Waals surface area contributed by atoms with Crippen LogP contribution in [0.5, 0.6) is 0 Å². The van der Waals surface area contributed by atoms with E-state index in [-0.39, 0.29) is 24.0 Å². The van der Waals surface area contributed by atoms with Gasteiger partial charge in [0, 0.05) is 30.8 Å². The lowest BCUT2D eigenvalue weighted by atomic mass is 10.0. The van der Waals surface area contributed by atoms with Gasteiger partial charge in [0.05, 0.1) is 0 Å². The lowest BCUT2D eigenvalue weighted by molar-refractivity contribution is 0.102. The summed E-state index contributed by atoms with van der Waals surface area (Å²) < 4.78 is 54.3. The molecule has 0 aliphatic carbocycles. The molecule has 0 saturated carbocycles. The van der Waals surface area contributed by atoms with Crippen molar-refractivity contribution >= 4 is 33.0 Å². The van der Waals surface area contributed by atoms with E-state index < -0.39 is 32.5 Å². The van der Waals surface area contributed by atoms with E-state index in [0.29, 0.717) is 29.6 Å². The van der Waals surface area contributed by atoms with E-state index in [1.54, 1.807) is 6.07 Å². The second-order valence-electron chi connectivity index (χ2n) is 7.49. The van der Waals surface area contributed by atoms with Gasteiger partial charge >= 0.3 is 0 Å². The van der Waals surface area contributed by atoms with Crippen LogP contribution in [-0.2, 0) is 10.0 Å². The van der Waals surface area contributed by atoms with Crippen LogP contribution in [0.3, 0.4) is 0 Å². The molecule has 4 rings (SSSR count). The highest BCUT2D eigenvalue weighted by molar-refractivity contribution is 7.89. The minimum Gasteiger partial charge on any atom is -0.320 e. The maximum atomic E-state index is 14.1. The van der Waals surface area contributed by atoms with Gasteiger partial charge in [0.15, 0.2) is 0 Å². The number of carbonyl (C=O) groups is 1. The van der Waals surface area contributed by atoms with Gasteiger partial charge in [-0.3, -0.25) is 4.79 Å². The second-order valence-corrected chi connectivity index (χ2v) is 10.4. The summed E-state index contributed by atoms with van der Waals surface area (Å²) in [5.74, 6) is -2.64. The number of nitrogens with zero attached hydrogens (tertiary/aromatic N) is 3. The number of nitrogens with one attached hydrogen (secondary N) is 1. The Hall–Kier alpha value is -2.76. The summed E-state index contributed by atoms with van der Waals surface area (Å²) in [4.78, 5) is 12.0. The largest absolute Gasteiger partial charge is 0.320 e. The number of rotatable bonds is 5. The van der Waals surface area contributed by atoms with Crippen LogP contribution >= 0.6 is 11.3 Å². The number of aromatic nitrogens is 2. The third-order valence-electron chi connectivity index (χ3n) is 5.27. The lowest BCUT2D eigenvalue weighted by Gasteiger charge is -2.30. The monoisotopic (exact) mass is 478 g/mol. The number of benzene rings is 2. The molecule has 1 N–H and O–H groups in total. The Kier molecular flexibility index (Phi) is 6.31. The number of halogens is 2. The number of sulfonamides is 1. The van der Waals surface area contributed by atoms with Crippen molar-refractivity contribution in [2.75, 3.05) is 18.4 Å². The zero-order chi connectivity index (χ0) is 22.9. The Bertz CT molecular complexity index is 1260. The van der Waals surface area contributed by atoms with Crippen molar-refractivity contribution in [2.24, 2.45) is 0 Å². The van der Waals surface area contributed by atoms with Gasteiger partial charge in [-0.25, -0.2) is 17.2 Å². The maximum Gasteiger partial charge on any atom is 0.286 e. The first-order valence-electron chi connectivity index (χ1n) is 9.91. The number of hydrogen-bond donors (Lipinski definition) is 1. The molecule has 1 amide bonds. The molecular weight excluding hydrogens is 458 g/mol. The zero-order valence-electron chi connectivity index (χ0n) is 17.1. The smallest absolute Gasteiger partial charge is 0.286 e. The van der Waals surface area contributed by atoms with Crippen molar-refractivity contribution < 1.29 is 22.0 Å². The fourth-order valence-corrected chi connectivity index (χ4v) is 6.00. The Balaban J connectivity index is 1.50.